The van der Waals surface area contributed by atoms with Crippen LogP contribution in [0.4, 0.5) is 14.9 Å². The number of nitrogen functional groups attached to an aromatic ring is 1. The molecule has 6 N–H and O–H groups in total. The van der Waals surface area contributed by atoms with E-state index in [1.165, 1.54) is 17.8 Å². The number of nitrogens with two attached hydrogens (primary N) is 1. The summed E-state index contributed by atoms with van der Waals surface area (Å²) in [5, 5.41) is 18.4. The first-order valence-corrected chi connectivity index (χ1v) is 17.7. The van der Waals surface area contributed by atoms with Gasteiger partial charge in [-0.1, -0.05) is 44.1 Å². The number of halogens is 2. The zero-order chi connectivity index (χ0) is 36.6. The number of hydrogen-bond acceptors (Lipinski definition) is 12. The number of benzene rings is 1. The number of carbonyl (C=O) groups is 3. The van der Waals surface area contributed by atoms with Crippen LogP contribution in [-0.2, 0) is 24.3 Å². The van der Waals surface area contributed by atoms with Gasteiger partial charge in [-0.25, -0.2) is 14.1 Å². The van der Waals surface area contributed by atoms with Crippen molar-refractivity contribution in [3.05, 3.63) is 50.4 Å². The first-order chi connectivity index (χ1) is 22.2. The lowest BCUT2D eigenvalue weighted by Crippen LogP contribution is -2.37. The lowest BCUT2D eigenvalue weighted by Gasteiger charge is -2.18. The molecule has 0 atom stereocenters. The molecule has 266 valence electrons. The third-order valence-electron chi connectivity index (χ3n) is 6.41. The molecule has 0 bridgehead atoms. The lowest BCUT2D eigenvalue weighted by molar-refractivity contribution is -0.135. The van der Waals surface area contributed by atoms with E-state index in [9.17, 15) is 28.1 Å². The van der Waals surface area contributed by atoms with Crippen LogP contribution >= 0.6 is 31.0 Å². The number of anilines is 1. The van der Waals surface area contributed by atoms with Gasteiger partial charge in [0.1, 0.15) is 17.3 Å². The van der Waals surface area contributed by atoms with Crippen LogP contribution in [0.25, 0.3) is 0 Å². The molecule has 2 amide bonds. The molecule has 2 fully saturated rings. The predicted octanol–water partition coefficient (Wildman–Crippen LogP) is 3.74. The fourth-order valence-electron chi connectivity index (χ4n) is 4.15. The highest BCUT2D eigenvalue weighted by molar-refractivity contribution is 7.98. The maximum absolute atomic E-state index is 14.3. The van der Waals surface area contributed by atoms with E-state index in [1.54, 1.807) is 20.1 Å². The number of amides is 2. The van der Waals surface area contributed by atoms with Gasteiger partial charge in [-0.15, -0.1) is 10.2 Å². The van der Waals surface area contributed by atoms with Crippen LogP contribution in [-0.4, -0.2) is 72.9 Å². The van der Waals surface area contributed by atoms with E-state index in [0.29, 0.717) is 21.3 Å². The number of imide groups is 1. The first kappa shape index (κ1) is 40.6. The molecule has 4 rings (SSSR count). The second-order valence-corrected chi connectivity index (χ2v) is 14.5. The van der Waals surface area contributed by atoms with Crippen molar-refractivity contribution >= 4 is 54.6 Å². The van der Waals surface area contributed by atoms with Gasteiger partial charge in [0.25, 0.3) is 5.56 Å². The Labute approximate surface area is 285 Å². The lowest BCUT2D eigenvalue weighted by atomic mass is 9.93. The average molecular weight is 737 g/mol. The maximum atomic E-state index is 14.3. The third-order valence-corrected chi connectivity index (χ3v) is 7.99. The molecule has 0 radical (unpaired) electrons. The number of allylic oxidation sites excluding steroid dienone is 1. The highest BCUT2D eigenvalue weighted by atomic mass is 35.5. The number of rotatable bonds is 8. The number of ether oxygens (including phenoxy) is 2. The third kappa shape index (κ3) is 11.6. The standard InChI is InChI=1S/C17H17ClFNO4.C8H14N4OS.C3H8NO5P/c1-9(2)15-16(21)20(17(22)24-15)13-8-14(11(18)7-12(13)19)23-10-5-3-4-6-10;1-8(2,3)5-6(13)12(9)7(14-4)11-10-5;5-3(6)1-4-2-10(7,8)9/h7-8,10H,3-6H2,1-2H3;9H2,1-4H3;4H,1-2H2,(H,5,6)(H2,7,8,9). The Morgan fingerprint density at radius 2 is 1.81 bits per heavy atom. The molecular formula is C28H39ClFN6O10PS. The molecule has 1 aliphatic carbocycles. The zero-order valence-electron chi connectivity index (χ0n) is 27.2. The van der Waals surface area contributed by atoms with Crippen molar-refractivity contribution in [2.45, 2.75) is 77.0 Å². The SMILES string of the molecule is CC(C)=C1OC(=O)N(c2cc(OC3CCCC3)c(Cl)cc2F)C1=O.CSc1nnc(C(C)(C)C)c(=O)n1N.O=C(O)CNCP(=O)(O)O. The van der Waals surface area contributed by atoms with Gasteiger partial charge >= 0.3 is 25.6 Å². The Kier molecular flexibility index (Phi) is 14.6. The largest absolute Gasteiger partial charge is 0.489 e. The molecule has 20 heteroatoms. The summed E-state index contributed by atoms with van der Waals surface area (Å²) in [7, 11) is -4.10. The van der Waals surface area contributed by atoms with Gasteiger partial charge in [0, 0.05) is 11.5 Å². The fourth-order valence-corrected chi connectivity index (χ4v) is 5.15. The quantitative estimate of drug-likeness (QED) is 0.112. The molecule has 2 heterocycles. The smallest absolute Gasteiger partial charge is 0.427 e. The minimum atomic E-state index is -4.10. The summed E-state index contributed by atoms with van der Waals surface area (Å²) in [5.41, 5.74) is 0.0863. The van der Waals surface area contributed by atoms with E-state index in [4.69, 9.17) is 41.8 Å². The Hall–Kier alpha value is -3.54. The van der Waals surface area contributed by atoms with E-state index in [-0.39, 0.29) is 39.3 Å². The normalized spacial score (nSPS) is 15.0. The Morgan fingerprint density at radius 1 is 1.21 bits per heavy atom. The minimum absolute atomic E-state index is 0.00962. The van der Waals surface area contributed by atoms with Crippen LogP contribution < -0.4 is 26.4 Å². The van der Waals surface area contributed by atoms with Crippen molar-refractivity contribution in [1.29, 1.82) is 0 Å². The highest BCUT2D eigenvalue weighted by Crippen LogP contribution is 2.37. The van der Waals surface area contributed by atoms with E-state index in [1.807, 2.05) is 20.8 Å². The van der Waals surface area contributed by atoms with Gasteiger partial charge < -0.3 is 30.2 Å². The van der Waals surface area contributed by atoms with Crippen LogP contribution in [0.1, 0.15) is 66.0 Å². The molecule has 1 aromatic heterocycles. The van der Waals surface area contributed by atoms with Crippen molar-refractivity contribution in [1.82, 2.24) is 20.2 Å². The summed E-state index contributed by atoms with van der Waals surface area (Å²) >= 11 is 7.34. The van der Waals surface area contributed by atoms with Crippen LogP contribution in [0.5, 0.6) is 5.75 Å². The Morgan fingerprint density at radius 3 is 2.29 bits per heavy atom. The monoisotopic (exact) mass is 736 g/mol. The van der Waals surface area contributed by atoms with Crippen LogP contribution in [0.3, 0.4) is 0 Å². The van der Waals surface area contributed by atoms with Gasteiger partial charge in [0.05, 0.1) is 29.6 Å². The molecule has 2 aliphatic rings. The summed E-state index contributed by atoms with van der Waals surface area (Å²) in [6.45, 7) is 8.53. The number of nitrogens with one attached hydrogen (secondary N) is 1. The number of aromatic nitrogens is 3. The number of carboxylic acid groups (broad SMARTS) is 1. The van der Waals surface area contributed by atoms with Crippen molar-refractivity contribution in [3.63, 3.8) is 0 Å². The molecule has 2 aromatic rings. The van der Waals surface area contributed by atoms with Gasteiger partial charge in [-0.05, 0) is 57.4 Å². The number of thioether (sulfide) groups is 1. The number of hydrogen-bond donors (Lipinski definition) is 5. The first-order valence-electron chi connectivity index (χ1n) is 14.3. The molecular weight excluding hydrogens is 698 g/mol. The fraction of sp³-hybridized carbons (Fsp3) is 0.500. The second kappa shape index (κ2) is 17.2. The minimum Gasteiger partial charge on any atom is -0.489 e. The Bertz CT molecular complexity index is 1650. The maximum Gasteiger partial charge on any atom is 0.427 e. The van der Waals surface area contributed by atoms with Crippen molar-refractivity contribution in [2.75, 3.05) is 29.8 Å². The summed E-state index contributed by atoms with van der Waals surface area (Å²) < 4.78 is 36.1. The number of nitrogens with zero attached hydrogens (tertiary/aromatic N) is 4. The van der Waals surface area contributed by atoms with E-state index < -0.39 is 44.2 Å². The summed E-state index contributed by atoms with van der Waals surface area (Å²) in [4.78, 5) is 62.9. The predicted molar refractivity (Wildman–Crippen MR) is 176 cm³/mol. The molecule has 0 spiro atoms. The zero-order valence-corrected chi connectivity index (χ0v) is 29.6. The molecule has 48 heavy (non-hydrogen) atoms. The van der Waals surface area contributed by atoms with Gasteiger partial charge in [-0.3, -0.25) is 24.3 Å². The summed E-state index contributed by atoms with van der Waals surface area (Å²) in [6.07, 6.45) is 4.20. The summed E-state index contributed by atoms with van der Waals surface area (Å²) in [6, 6.07) is 2.32. The molecule has 0 unspecified atom stereocenters. The number of carboxylic acids is 1. The Balaban J connectivity index is 0.000000283. The van der Waals surface area contributed by atoms with E-state index in [2.05, 4.69) is 15.5 Å². The number of carbonyl (C=O) groups excluding carboxylic acids is 2. The molecule has 16 nitrogen and oxygen atoms in total. The van der Waals surface area contributed by atoms with Gasteiger partial charge in [0.2, 0.25) is 5.16 Å². The van der Waals surface area contributed by atoms with Crippen LogP contribution in [0.2, 0.25) is 5.02 Å². The molecule has 1 saturated carbocycles. The van der Waals surface area contributed by atoms with Gasteiger partial charge in [-0.2, -0.15) is 4.68 Å². The molecule has 1 saturated heterocycles. The van der Waals surface area contributed by atoms with E-state index >= 15 is 0 Å². The topological polar surface area (TPSA) is 236 Å². The molecule has 1 aromatic carbocycles. The average Bonchev–Trinajstić information content (AvgIpc) is 3.58. The van der Waals surface area contributed by atoms with Crippen LogP contribution in [0.15, 0.2) is 33.4 Å². The molecule has 1 aliphatic heterocycles. The second-order valence-electron chi connectivity index (χ2n) is 11.7. The number of aliphatic carboxylic acids is 1. The van der Waals surface area contributed by atoms with Crippen molar-refractivity contribution in [3.8, 4) is 5.75 Å². The van der Waals surface area contributed by atoms with Crippen molar-refractivity contribution < 1.29 is 47.7 Å². The van der Waals surface area contributed by atoms with Crippen molar-refractivity contribution in [2.24, 2.45) is 0 Å². The van der Waals surface area contributed by atoms with Crippen LogP contribution in [0, 0.1) is 5.82 Å². The van der Waals surface area contributed by atoms with Gasteiger partial charge in [0.15, 0.2) is 5.76 Å². The van der Waals surface area contributed by atoms with E-state index in [0.717, 1.165) is 36.4 Å². The highest BCUT2D eigenvalue weighted by Gasteiger charge is 2.40. The number of cyclic esters (lactones) is 1. The summed E-state index contributed by atoms with van der Waals surface area (Å²) in [5.74, 6) is 3.10.